The van der Waals surface area contributed by atoms with Crippen LogP contribution in [0.4, 0.5) is 93.0 Å². The number of nitrogens with one attached hydrogen (secondary N) is 2. The molecule has 3 aromatic heterocycles. The topological polar surface area (TPSA) is 57.4 Å². The van der Waals surface area contributed by atoms with E-state index >= 15 is 70.2 Å². The highest BCUT2D eigenvalue weighted by Gasteiger charge is 2.41. The molecule has 4 aromatic carbocycles. The highest BCUT2D eigenvalue weighted by molar-refractivity contribution is 6.01. The van der Waals surface area contributed by atoms with Gasteiger partial charge in [-0.3, -0.25) is 17.9 Å². The Hall–Kier alpha value is -7.80. The molecule has 0 radical (unpaired) electrons. The number of aromatic nitrogens is 4. The van der Waals surface area contributed by atoms with Gasteiger partial charge in [0.25, 0.3) is 0 Å². The smallest absolute Gasteiger partial charge is 0.223 e. The molecule has 0 atom stereocenters. The minimum absolute atomic E-state index is 0.675. The maximum absolute atomic E-state index is 16.9. The van der Waals surface area contributed by atoms with Gasteiger partial charge in [0.2, 0.25) is 69.3 Å². The summed E-state index contributed by atoms with van der Waals surface area (Å²) >= 11 is 0. The van der Waals surface area contributed by atoms with Gasteiger partial charge in [0.05, 0.1) is 130 Å². The maximum atomic E-state index is 16.9. The van der Waals surface area contributed by atoms with E-state index in [4.69, 9.17) is 0 Å². The number of quaternary nitrogens is 4. The first-order valence-electron chi connectivity index (χ1n) is 23.8. The van der Waals surface area contributed by atoms with Gasteiger partial charge in [-0.2, -0.15) is 35.1 Å². The summed E-state index contributed by atoms with van der Waals surface area (Å²) in [4.78, 5) is 13.8. The Morgan fingerprint density at radius 3 is 0.525 bits per heavy atom. The van der Waals surface area contributed by atoms with Gasteiger partial charge in [0.15, 0.2) is 46.5 Å². The molecule has 9 rings (SSSR count). The van der Waals surface area contributed by atoms with Crippen molar-refractivity contribution in [3.8, 4) is 44.5 Å². The molecule has 0 spiro atoms. The van der Waals surface area contributed by atoms with Crippen LogP contribution in [0.25, 0.3) is 90.9 Å². The first-order valence-corrected chi connectivity index (χ1v) is 23.8. The molecule has 0 saturated carbocycles. The maximum Gasteiger partial charge on any atom is 0.223 e. The Bertz CT molecular complexity index is 3500. The highest BCUT2D eigenvalue weighted by atomic mass is 19.2. The third-order valence-corrected chi connectivity index (χ3v) is 13.4. The molecule has 0 fully saturated rings. The molecule has 2 N–H and O–H groups in total. The van der Waals surface area contributed by atoms with Crippen LogP contribution in [0.1, 0.15) is 22.8 Å². The van der Waals surface area contributed by atoms with E-state index in [-0.39, 0.29) is 0 Å². The number of aromatic amines is 2. The van der Waals surface area contributed by atoms with Crippen molar-refractivity contribution in [3.05, 3.63) is 140 Å². The van der Waals surface area contributed by atoms with Crippen LogP contribution in [0.15, 0.2) is 24.3 Å². The van der Waals surface area contributed by atoms with E-state index in [0.717, 1.165) is 48.6 Å². The van der Waals surface area contributed by atoms with E-state index in [0.29, 0.717) is 0 Å². The van der Waals surface area contributed by atoms with Crippen LogP contribution < -0.4 is 17.9 Å². The van der Waals surface area contributed by atoms with E-state index < -0.39 is 223 Å². The number of hydrogen-bond donors (Lipinski definition) is 2. The van der Waals surface area contributed by atoms with Crippen LogP contribution in [0.2, 0.25) is 0 Å². The quantitative estimate of drug-likeness (QED) is 0.0905. The molecule has 0 aliphatic carbocycles. The summed E-state index contributed by atoms with van der Waals surface area (Å²) in [7, 11) is 14.1. The van der Waals surface area contributed by atoms with Crippen LogP contribution in [-0.4, -0.2) is 105 Å². The third-order valence-electron chi connectivity index (χ3n) is 13.4. The monoisotopic (exact) mass is 1130 g/mol. The average Bonchev–Trinajstić information content (AvgIpc) is 4.21. The van der Waals surface area contributed by atoms with Crippen molar-refractivity contribution in [1.29, 1.82) is 0 Å². The molecular weight excluding hydrogens is 1090 g/mol. The first kappa shape index (κ1) is 56.9. The number of benzene rings is 4. The lowest BCUT2D eigenvalue weighted by Crippen LogP contribution is -2.37. The van der Waals surface area contributed by atoms with E-state index in [1.807, 2.05) is 0 Å². The van der Waals surface area contributed by atoms with Gasteiger partial charge >= 0.3 is 0 Å². The molecule has 8 nitrogen and oxygen atoms in total. The summed E-state index contributed by atoms with van der Waals surface area (Å²) in [6.07, 6.45) is 3.46. The molecule has 7 aromatic rings. The Balaban J connectivity index is 1.60. The summed E-state index contributed by atoms with van der Waals surface area (Å²) in [5.74, 6) is -32.1. The lowest BCUT2D eigenvalue weighted by Gasteiger charge is -2.25. The van der Waals surface area contributed by atoms with Crippen molar-refractivity contribution in [1.82, 2.24) is 37.9 Å². The van der Waals surface area contributed by atoms with Gasteiger partial charge in [-0.25, -0.2) is 45.1 Å². The van der Waals surface area contributed by atoms with Crippen LogP contribution in [0.5, 0.6) is 0 Å². The number of nitrogens with zero attached hydrogens (tertiary/aromatic N) is 6. The fourth-order valence-electron chi connectivity index (χ4n) is 9.97. The predicted molar refractivity (Wildman–Crippen MR) is 278 cm³/mol. The number of hydrogen-bond acceptors (Lipinski definition) is 2. The molecule has 80 heavy (non-hydrogen) atoms. The number of fused-ring (bicyclic) bond motifs is 8. The van der Waals surface area contributed by atoms with Crippen molar-refractivity contribution in [2.75, 3.05) is 84.6 Å². The summed E-state index contributed by atoms with van der Waals surface area (Å²) in [5, 5.41) is 0. The lowest BCUT2D eigenvalue weighted by molar-refractivity contribution is 0.390. The molecule has 5 heterocycles. The van der Waals surface area contributed by atoms with Crippen LogP contribution in [0.3, 0.4) is 0 Å². The molecule has 0 amide bonds. The minimum Gasteiger partial charge on any atom is -0.354 e. The zero-order valence-corrected chi connectivity index (χ0v) is 44.3. The Morgan fingerprint density at radius 1 is 0.237 bits per heavy atom. The van der Waals surface area contributed by atoms with E-state index in [2.05, 4.69) is 19.9 Å². The number of H-pyrrole nitrogens is 2. The van der Waals surface area contributed by atoms with Crippen molar-refractivity contribution in [2.45, 2.75) is 0 Å². The standard InChI is InChI=1S/C56H46F16N8/c1-77(2,3)53-45(65)37(57)33(38(58)46(53)66)29-21-13-15-23(73-21)30(34-39(59)47(67)54(78(4,5)6)48(68)40(34)60)25-17-19-27(75-25)32(36-43(63)51(71)56(80(10,11)12)52(72)44(36)64)28-20-18-26(76-28)31(24-16-14-22(29)74-24)35-41(61)49(69)55(79(7,8)9)50(70)42(35)62/h13-20,73,76H,1-12H3/q+4. The second-order valence-electron chi connectivity index (χ2n) is 22.5. The number of halogens is 16. The van der Waals surface area contributed by atoms with Crippen molar-refractivity contribution in [2.24, 2.45) is 0 Å². The van der Waals surface area contributed by atoms with Crippen LogP contribution in [-0.2, 0) is 0 Å². The van der Waals surface area contributed by atoms with Gasteiger partial charge in [-0.15, -0.1) is 0 Å². The summed E-state index contributed by atoms with van der Waals surface area (Å²) in [6, 6.07) is 3.57. The van der Waals surface area contributed by atoms with Gasteiger partial charge in [0, 0.05) is 44.3 Å². The van der Waals surface area contributed by atoms with Crippen LogP contribution >= 0.6 is 0 Å². The van der Waals surface area contributed by atoms with E-state index in [9.17, 15) is 0 Å². The lowest BCUT2D eigenvalue weighted by atomic mass is 10.00. The fourth-order valence-corrected chi connectivity index (χ4v) is 9.97. The normalized spacial score (nSPS) is 13.2. The Morgan fingerprint density at radius 2 is 0.388 bits per heavy atom. The third kappa shape index (κ3) is 8.73. The molecule has 2 aliphatic rings. The van der Waals surface area contributed by atoms with E-state index in [1.54, 1.807) is 0 Å². The molecule has 2 aliphatic heterocycles. The first-order chi connectivity index (χ1) is 36.9. The minimum atomic E-state index is -2.07. The largest absolute Gasteiger partial charge is 0.354 e. The molecule has 0 unspecified atom stereocenters. The second-order valence-corrected chi connectivity index (χ2v) is 22.5. The molecule has 0 saturated heterocycles. The summed E-state index contributed by atoms with van der Waals surface area (Å²) in [5.41, 5.74) is -20.2. The predicted octanol–water partition coefficient (Wildman–Crippen LogP) is 14.3. The zero-order valence-electron chi connectivity index (χ0n) is 44.3. The fraction of sp³-hybridized carbons (Fsp3) is 0.214. The molecular formula is C56H46F16N8+4. The molecule has 418 valence electrons. The SMILES string of the molecule is C[N+](C)(C)c1c(F)c(F)c(-c2c3nc(c(-c4c(F)c(F)c([N+](C)(C)C)c(F)c4F)c4ccc([nH]4)c(-c4c(F)c(F)c([N+](C)(C)C)c(F)c4F)c4nc(c(-c5c(F)c(F)c([N+](C)(C)C)c(F)c5F)c5ccc2[nH]5)C=C4)C=C3)c(F)c1F. The summed E-state index contributed by atoms with van der Waals surface area (Å²) in [6.45, 7) is 0. The zero-order chi connectivity index (χ0) is 59.3. The van der Waals surface area contributed by atoms with Gasteiger partial charge in [0.1, 0.15) is 0 Å². The number of rotatable bonds is 8. The second kappa shape index (κ2) is 18.9. The van der Waals surface area contributed by atoms with Gasteiger partial charge in [-0.05, 0) is 48.6 Å². The van der Waals surface area contributed by atoms with Crippen molar-refractivity contribution in [3.63, 3.8) is 0 Å². The molecule has 24 heteroatoms. The van der Waals surface area contributed by atoms with Gasteiger partial charge in [-0.1, -0.05) is 0 Å². The Kier molecular flexibility index (Phi) is 13.5. The van der Waals surface area contributed by atoms with Crippen LogP contribution in [0, 0.1) is 93.1 Å². The molecule has 8 bridgehead atoms. The van der Waals surface area contributed by atoms with Crippen molar-refractivity contribution < 1.29 is 70.2 Å². The summed E-state index contributed by atoms with van der Waals surface area (Å²) < 4.78 is 262. The van der Waals surface area contributed by atoms with Gasteiger partial charge < -0.3 is 9.97 Å². The highest BCUT2D eigenvalue weighted by Crippen LogP contribution is 2.48. The average molecular weight is 1140 g/mol. The van der Waals surface area contributed by atoms with Crippen molar-refractivity contribution >= 4 is 69.1 Å². The van der Waals surface area contributed by atoms with E-state index in [1.165, 1.54) is 84.6 Å². The Labute approximate surface area is 445 Å².